The van der Waals surface area contributed by atoms with Crippen LogP contribution in [-0.4, -0.2) is 58.6 Å². The molecule has 0 aliphatic carbocycles. The topological polar surface area (TPSA) is 87.7 Å². The van der Waals surface area contributed by atoms with Crippen LogP contribution < -0.4 is 10.2 Å². The van der Waals surface area contributed by atoms with Crippen LogP contribution >= 0.6 is 57.5 Å². The first-order chi connectivity index (χ1) is 16.9. The fourth-order valence-corrected chi connectivity index (χ4v) is 6.59. The second-order valence-electron chi connectivity index (χ2n) is 9.95. The molecule has 36 heavy (non-hydrogen) atoms. The molecule has 2 aliphatic heterocycles. The molecule has 2 saturated heterocycles. The van der Waals surface area contributed by atoms with Crippen LogP contribution in [0.1, 0.15) is 31.1 Å². The lowest BCUT2D eigenvalue weighted by molar-refractivity contribution is -0.0451. The molecule has 5 rings (SSSR count). The Balaban J connectivity index is 1.31. The lowest BCUT2D eigenvalue weighted by atomic mass is 9.73. The summed E-state index contributed by atoms with van der Waals surface area (Å²) >= 11 is 20.9. The molecule has 2 fully saturated rings. The number of halogens is 3. The minimum absolute atomic E-state index is 0.0421. The molecular weight excluding hydrogens is 565 g/mol. The van der Waals surface area contributed by atoms with E-state index in [4.69, 9.17) is 44.5 Å². The molecule has 13 heteroatoms. The Kier molecular flexibility index (Phi) is 6.61. The van der Waals surface area contributed by atoms with E-state index >= 15 is 0 Å². The SMILES string of the molecule is CC(C)(C)OC(=O)N1CC2(C1)CN(c1sc(NC(=O)c3cnc(Cl)c(Cl)c3)nc1-c1cc(Cl)cs1)C2. The Morgan fingerprint density at radius 3 is 2.47 bits per heavy atom. The zero-order chi connectivity index (χ0) is 25.8. The molecule has 2 amide bonds. The van der Waals surface area contributed by atoms with E-state index in [9.17, 15) is 9.59 Å². The van der Waals surface area contributed by atoms with Crippen molar-refractivity contribution in [2.75, 3.05) is 36.4 Å². The van der Waals surface area contributed by atoms with Crippen molar-refractivity contribution < 1.29 is 14.3 Å². The fourth-order valence-electron chi connectivity index (χ4n) is 4.22. The number of anilines is 2. The molecule has 0 bridgehead atoms. The van der Waals surface area contributed by atoms with Gasteiger partial charge in [0, 0.05) is 43.2 Å². The van der Waals surface area contributed by atoms with E-state index in [0.717, 1.165) is 28.7 Å². The van der Waals surface area contributed by atoms with Crippen LogP contribution in [-0.2, 0) is 4.74 Å². The average Bonchev–Trinajstić information content (AvgIpc) is 3.32. The zero-order valence-electron chi connectivity index (χ0n) is 19.6. The highest BCUT2D eigenvalue weighted by molar-refractivity contribution is 7.21. The summed E-state index contributed by atoms with van der Waals surface area (Å²) in [4.78, 5) is 38.6. The van der Waals surface area contributed by atoms with Crippen molar-refractivity contribution in [3.8, 4) is 10.6 Å². The van der Waals surface area contributed by atoms with Gasteiger partial charge in [0.2, 0.25) is 0 Å². The highest BCUT2D eigenvalue weighted by Crippen LogP contribution is 2.49. The molecule has 0 atom stereocenters. The summed E-state index contributed by atoms with van der Waals surface area (Å²) in [6.45, 7) is 8.47. The van der Waals surface area contributed by atoms with Crippen molar-refractivity contribution in [1.29, 1.82) is 0 Å². The number of thiophene rings is 1. The third-order valence-corrected chi connectivity index (χ3v) is 8.74. The van der Waals surface area contributed by atoms with E-state index in [0.29, 0.717) is 23.2 Å². The maximum absolute atomic E-state index is 12.8. The van der Waals surface area contributed by atoms with Crippen molar-refractivity contribution in [3.63, 3.8) is 0 Å². The van der Waals surface area contributed by atoms with E-state index in [2.05, 4.69) is 15.2 Å². The van der Waals surface area contributed by atoms with Crippen LogP contribution in [0.5, 0.6) is 0 Å². The van der Waals surface area contributed by atoms with E-state index in [1.807, 2.05) is 32.2 Å². The predicted molar refractivity (Wildman–Crippen MR) is 145 cm³/mol. The van der Waals surface area contributed by atoms with Crippen molar-refractivity contribution >= 4 is 79.6 Å². The molecular formula is C23H22Cl3N5O3S2. The minimum Gasteiger partial charge on any atom is -0.444 e. The number of thiazole rings is 1. The molecule has 0 radical (unpaired) electrons. The molecule has 3 aromatic heterocycles. The number of nitrogens with one attached hydrogen (secondary N) is 1. The van der Waals surface area contributed by atoms with Crippen LogP contribution in [0.2, 0.25) is 15.2 Å². The number of carbonyl (C=O) groups is 2. The first kappa shape index (κ1) is 25.5. The maximum Gasteiger partial charge on any atom is 0.410 e. The standard InChI is InChI=1S/C23H22Cl3N5O3S2/c1-22(2,3)34-21(33)31-10-23(11-31)8-30(9-23)19-16(15-5-13(24)7-35-15)28-20(36-19)29-18(32)12-4-14(25)17(26)27-6-12/h4-7H,8-11H2,1-3H3,(H,28,29,32). The zero-order valence-corrected chi connectivity index (χ0v) is 23.5. The van der Waals surface area contributed by atoms with Gasteiger partial charge in [-0.3, -0.25) is 10.1 Å². The fraction of sp³-hybridized carbons (Fsp3) is 0.391. The van der Waals surface area contributed by atoms with Gasteiger partial charge < -0.3 is 14.5 Å². The molecule has 190 valence electrons. The molecule has 0 aromatic carbocycles. The number of hydrogen-bond donors (Lipinski definition) is 1. The van der Waals surface area contributed by atoms with Crippen molar-refractivity contribution in [1.82, 2.24) is 14.9 Å². The van der Waals surface area contributed by atoms with Crippen LogP contribution in [0.25, 0.3) is 10.6 Å². The maximum atomic E-state index is 12.8. The number of rotatable bonds is 4. The minimum atomic E-state index is -0.515. The Labute approximate surface area is 231 Å². The summed E-state index contributed by atoms with van der Waals surface area (Å²) in [7, 11) is 0. The Hall–Kier alpha value is -2.11. The Bertz CT molecular complexity index is 1340. The highest BCUT2D eigenvalue weighted by Gasteiger charge is 2.54. The normalized spacial score (nSPS) is 16.5. The first-order valence-corrected chi connectivity index (χ1v) is 13.8. The number of likely N-dealkylation sites (tertiary alicyclic amines) is 1. The highest BCUT2D eigenvalue weighted by atomic mass is 35.5. The van der Waals surface area contributed by atoms with E-state index in [1.165, 1.54) is 34.9 Å². The molecule has 0 saturated carbocycles. The lowest BCUT2D eigenvalue weighted by Crippen LogP contribution is -2.73. The summed E-state index contributed by atoms with van der Waals surface area (Å²) in [6, 6.07) is 3.33. The molecule has 1 N–H and O–H groups in total. The Morgan fingerprint density at radius 1 is 1.14 bits per heavy atom. The number of pyridine rings is 1. The van der Waals surface area contributed by atoms with Gasteiger partial charge in [0.05, 0.1) is 20.5 Å². The predicted octanol–water partition coefficient (Wildman–Crippen LogP) is 6.54. The first-order valence-electron chi connectivity index (χ1n) is 11.0. The summed E-state index contributed by atoms with van der Waals surface area (Å²) in [5.41, 5.74) is 0.568. The lowest BCUT2D eigenvalue weighted by Gasteiger charge is -2.60. The monoisotopic (exact) mass is 585 g/mol. The van der Waals surface area contributed by atoms with Crippen LogP contribution in [0, 0.1) is 5.41 Å². The summed E-state index contributed by atoms with van der Waals surface area (Å²) < 4.78 is 5.48. The smallest absolute Gasteiger partial charge is 0.410 e. The number of ether oxygens (including phenoxy) is 1. The number of aromatic nitrogens is 2. The van der Waals surface area contributed by atoms with E-state index in [1.54, 1.807) is 4.90 Å². The summed E-state index contributed by atoms with van der Waals surface area (Å²) in [5, 5.41) is 7.05. The third kappa shape index (κ3) is 5.15. The molecule has 5 heterocycles. The summed E-state index contributed by atoms with van der Waals surface area (Å²) in [6.07, 6.45) is 1.09. The van der Waals surface area contributed by atoms with Gasteiger partial charge in [-0.1, -0.05) is 46.1 Å². The number of nitrogens with zero attached hydrogens (tertiary/aromatic N) is 4. The molecule has 8 nitrogen and oxygen atoms in total. The summed E-state index contributed by atoms with van der Waals surface area (Å²) in [5.74, 6) is -0.385. The van der Waals surface area contributed by atoms with Gasteiger partial charge in [0.15, 0.2) is 5.13 Å². The van der Waals surface area contributed by atoms with Gasteiger partial charge >= 0.3 is 6.09 Å². The van der Waals surface area contributed by atoms with Crippen molar-refractivity contribution in [2.24, 2.45) is 5.41 Å². The van der Waals surface area contributed by atoms with Gasteiger partial charge in [0.25, 0.3) is 5.91 Å². The largest absolute Gasteiger partial charge is 0.444 e. The van der Waals surface area contributed by atoms with Crippen LogP contribution in [0.3, 0.4) is 0 Å². The van der Waals surface area contributed by atoms with Crippen LogP contribution in [0.4, 0.5) is 14.9 Å². The van der Waals surface area contributed by atoms with Gasteiger partial charge in [0.1, 0.15) is 21.4 Å². The number of carbonyl (C=O) groups excluding carboxylic acids is 2. The Morgan fingerprint density at radius 2 is 1.86 bits per heavy atom. The molecule has 2 aliphatic rings. The second-order valence-corrected chi connectivity index (χ2v) is 13.0. The molecule has 0 unspecified atom stereocenters. The van der Waals surface area contributed by atoms with Gasteiger partial charge in [-0.2, -0.15) is 0 Å². The van der Waals surface area contributed by atoms with Gasteiger partial charge in [-0.25, -0.2) is 14.8 Å². The van der Waals surface area contributed by atoms with E-state index in [-0.39, 0.29) is 33.2 Å². The van der Waals surface area contributed by atoms with E-state index < -0.39 is 5.60 Å². The number of hydrogen-bond acceptors (Lipinski definition) is 8. The van der Waals surface area contributed by atoms with Crippen LogP contribution in [0.15, 0.2) is 23.7 Å². The third-order valence-electron chi connectivity index (χ3n) is 5.73. The number of amides is 2. The second kappa shape index (κ2) is 9.33. The molecule has 1 spiro atoms. The van der Waals surface area contributed by atoms with Crippen molar-refractivity contribution in [3.05, 3.63) is 44.5 Å². The quantitative estimate of drug-likeness (QED) is 0.350. The van der Waals surface area contributed by atoms with Crippen molar-refractivity contribution in [2.45, 2.75) is 26.4 Å². The molecule has 3 aromatic rings. The van der Waals surface area contributed by atoms with Gasteiger partial charge in [-0.15, -0.1) is 11.3 Å². The average molecular weight is 587 g/mol. The van der Waals surface area contributed by atoms with Gasteiger partial charge in [-0.05, 0) is 32.9 Å².